The summed E-state index contributed by atoms with van der Waals surface area (Å²) < 4.78 is 52.2. The summed E-state index contributed by atoms with van der Waals surface area (Å²) >= 11 is 0. The molecule has 8 nitrogen and oxygen atoms in total. The molecule has 0 saturated heterocycles. The summed E-state index contributed by atoms with van der Waals surface area (Å²) in [7, 11) is 1.40. The van der Waals surface area contributed by atoms with Crippen molar-refractivity contribution >= 4 is 17.6 Å². The van der Waals surface area contributed by atoms with Crippen molar-refractivity contribution < 1.29 is 27.4 Å². The number of methoxy groups -OCH3 is 1. The number of ether oxygens (including phenoxy) is 2. The lowest BCUT2D eigenvalue weighted by molar-refractivity contribution is 0.00453. The minimum absolute atomic E-state index is 0.0166. The molecule has 11 heteroatoms. The molecule has 1 aliphatic heterocycles. The van der Waals surface area contributed by atoms with E-state index in [0.29, 0.717) is 0 Å². The summed E-state index contributed by atoms with van der Waals surface area (Å²) in [6.07, 6.45) is -1.07. The number of nitrogens with zero attached hydrogens (tertiary/aromatic N) is 3. The molecule has 3 rings (SSSR count). The van der Waals surface area contributed by atoms with E-state index in [1.807, 2.05) is 0 Å². The molecule has 1 aromatic carbocycles. The number of amides is 1. The van der Waals surface area contributed by atoms with Crippen LogP contribution in [0, 0.1) is 5.82 Å². The molecule has 3 N–H and O–H groups in total. The van der Waals surface area contributed by atoms with Crippen molar-refractivity contribution in [3.63, 3.8) is 0 Å². The normalized spacial score (nSPS) is 23.7. The minimum Gasteiger partial charge on any atom is -0.480 e. The summed E-state index contributed by atoms with van der Waals surface area (Å²) in [5.74, 6) is -1.20. The number of nitrogens with two attached hydrogens (primary N) is 1. The zero-order valence-electron chi connectivity index (χ0n) is 15.5. The van der Waals surface area contributed by atoms with E-state index in [-0.39, 0.29) is 22.8 Å². The molecular weight excluding hydrogens is 391 g/mol. The number of rotatable bonds is 5. The Labute approximate surface area is 164 Å². The molecule has 29 heavy (non-hydrogen) atoms. The molecule has 1 aromatic heterocycles. The fraction of sp³-hybridized carbons (Fsp3) is 0.333. The van der Waals surface area contributed by atoms with Crippen molar-refractivity contribution in [2.45, 2.75) is 24.7 Å². The van der Waals surface area contributed by atoms with E-state index in [1.165, 1.54) is 38.6 Å². The van der Waals surface area contributed by atoms with Crippen molar-refractivity contribution in [2.75, 3.05) is 19.1 Å². The number of aliphatic imine (C=N–C) groups is 1. The maximum absolute atomic E-state index is 14.9. The fourth-order valence-corrected chi connectivity index (χ4v) is 2.94. The second-order valence-electron chi connectivity index (χ2n) is 6.40. The standard InChI is InChI=1S/C18H18F3N5O3/c1-18(15(21)13(6-19)29-17(22)26-18)10-5-9(3-4-11(10)20)25-16(27)12-7-24-14(28-2)8-23-12/h3-5,7-8,13,15H,6H2,1-2H3,(H2,22,26)(H,25,27)/t13-,15+,18-/m1/s1. The van der Waals surface area contributed by atoms with Crippen LogP contribution in [0.3, 0.4) is 0 Å². The van der Waals surface area contributed by atoms with Gasteiger partial charge in [0, 0.05) is 11.3 Å². The molecule has 0 saturated carbocycles. The van der Waals surface area contributed by atoms with Crippen LogP contribution < -0.4 is 15.8 Å². The topological polar surface area (TPSA) is 112 Å². The average molecular weight is 409 g/mol. The Morgan fingerprint density at radius 2 is 2.14 bits per heavy atom. The number of benzene rings is 1. The summed E-state index contributed by atoms with van der Waals surface area (Å²) in [5.41, 5.74) is 3.59. The lowest BCUT2D eigenvalue weighted by atomic mass is 9.84. The van der Waals surface area contributed by atoms with E-state index >= 15 is 0 Å². The summed E-state index contributed by atoms with van der Waals surface area (Å²) in [6.45, 7) is 0.107. The maximum Gasteiger partial charge on any atom is 0.283 e. The zero-order chi connectivity index (χ0) is 21.2. The molecule has 1 amide bonds. The van der Waals surface area contributed by atoms with Crippen molar-refractivity contribution in [2.24, 2.45) is 10.7 Å². The number of aromatic nitrogens is 2. The van der Waals surface area contributed by atoms with Gasteiger partial charge in [-0.1, -0.05) is 0 Å². The largest absolute Gasteiger partial charge is 0.480 e. The van der Waals surface area contributed by atoms with E-state index in [4.69, 9.17) is 15.2 Å². The highest BCUT2D eigenvalue weighted by molar-refractivity contribution is 6.02. The van der Waals surface area contributed by atoms with Gasteiger partial charge >= 0.3 is 0 Å². The van der Waals surface area contributed by atoms with Crippen LogP contribution in [0.15, 0.2) is 35.6 Å². The van der Waals surface area contributed by atoms with Crippen LogP contribution in [0.4, 0.5) is 18.9 Å². The van der Waals surface area contributed by atoms with Crippen LogP contribution in [-0.4, -0.2) is 48.0 Å². The number of amidine groups is 1. The van der Waals surface area contributed by atoms with E-state index in [1.54, 1.807) is 0 Å². The predicted octanol–water partition coefficient (Wildman–Crippen LogP) is 2.11. The fourth-order valence-electron chi connectivity index (χ4n) is 2.94. The van der Waals surface area contributed by atoms with Crippen molar-refractivity contribution in [3.8, 4) is 5.88 Å². The highest BCUT2D eigenvalue weighted by Crippen LogP contribution is 2.39. The molecule has 0 radical (unpaired) electrons. The van der Waals surface area contributed by atoms with Crippen LogP contribution in [0.1, 0.15) is 23.0 Å². The van der Waals surface area contributed by atoms with E-state index < -0.39 is 42.2 Å². The highest BCUT2D eigenvalue weighted by atomic mass is 19.1. The summed E-state index contributed by atoms with van der Waals surface area (Å²) in [4.78, 5) is 24.0. The van der Waals surface area contributed by atoms with Gasteiger partial charge in [-0.3, -0.25) is 4.79 Å². The summed E-state index contributed by atoms with van der Waals surface area (Å²) in [5, 5.41) is 2.51. The Morgan fingerprint density at radius 3 is 2.76 bits per heavy atom. The van der Waals surface area contributed by atoms with Gasteiger partial charge in [0.05, 0.1) is 19.5 Å². The van der Waals surface area contributed by atoms with Crippen LogP contribution in [0.2, 0.25) is 0 Å². The molecule has 0 spiro atoms. The van der Waals surface area contributed by atoms with Gasteiger partial charge in [-0.15, -0.1) is 0 Å². The lowest BCUT2D eigenvalue weighted by Crippen LogP contribution is -2.50. The number of alkyl halides is 2. The minimum atomic E-state index is -2.01. The van der Waals surface area contributed by atoms with Crippen molar-refractivity contribution in [1.82, 2.24) is 9.97 Å². The predicted molar refractivity (Wildman–Crippen MR) is 97.7 cm³/mol. The summed E-state index contributed by atoms with van der Waals surface area (Å²) in [6, 6.07) is 3.07. The van der Waals surface area contributed by atoms with Crippen LogP contribution in [-0.2, 0) is 10.3 Å². The van der Waals surface area contributed by atoms with Crippen molar-refractivity contribution in [1.29, 1.82) is 0 Å². The second kappa shape index (κ2) is 7.94. The monoisotopic (exact) mass is 409 g/mol. The molecule has 2 heterocycles. The van der Waals surface area contributed by atoms with Crippen LogP contribution >= 0.6 is 0 Å². The average Bonchev–Trinajstić information content (AvgIpc) is 2.72. The number of carbonyl (C=O) groups excluding carboxylic acids is 1. The molecule has 1 aliphatic rings. The Morgan fingerprint density at radius 1 is 1.38 bits per heavy atom. The maximum atomic E-state index is 14.9. The van der Waals surface area contributed by atoms with E-state index in [2.05, 4.69) is 20.3 Å². The lowest BCUT2D eigenvalue weighted by Gasteiger charge is -2.37. The van der Waals surface area contributed by atoms with Gasteiger partial charge in [0.1, 0.15) is 23.7 Å². The molecule has 0 unspecified atom stereocenters. The third kappa shape index (κ3) is 3.93. The van der Waals surface area contributed by atoms with Gasteiger partial charge in [-0.25, -0.2) is 28.1 Å². The zero-order valence-corrected chi connectivity index (χ0v) is 15.5. The molecular formula is C18H18F3N5O3. The first-order valence-corrected chi connectivity index (χ1v) is 8.48. The molecule has 154 valence electrons. The first-order chi connectivity index (χ1) is 13.8. The number of carbonyl (C=O) groups is 1. The third-order valence-electron chi connectivity index (χ3n) is 4.47. The number of nitrogens with one attached hydrogen (secondary N) is 1. The molecule has 3 atom stereocenters. The van der Waals surface area contributed by atoms with Gasteiger partial charge in [0.2, 0.25) is 5.88 Å². The Kier molecular flexibility index (Phi) is 5.57. The number of anilines is 1. The van der Waals surface area contributed by atoms with E-state index in [9.17, 15) is 18.0 Å². The van der Waals surface area contributed by atoms with Crippen molar-refractivity contribution in [3.05, 3.63) is 47.7 Å². The van der Waals surface area contributed by atoms with Gasteiger partial charge in [0.25, 0.3) is 11.9 Å². The van der Waals surface area contributed by atoms with Gasteiger partial charge in [-0.2, -0.15) is 0 Å². The van der Waals surface area contributed by atoms with Crippen LogP contribution in [0.5, 0.6) is 5.88 Å². The number of halogens is 3. The second-order valence-corrected chi connectivity index (χ2v) is 6.40. The smallest absolute Gasteiger partial charge is 0.283 e. The van der Waals surface area contributed by atoms with Gasteiger partial charge in [0.15, 0.2) is 12.3 Å². The molecule has 0 bridgehead atoms. The first-order valence-electron chi connectivity index (χ1n) is 8.48. The first kappa shape index (κ1) is 20.4. The molecule has 0 aliphatic carbocycles. The SMILES string of the molecule is COc1cnc(C(=O)Nc2ccc(F)c([C@@]3(C)N=C(N)O[C@H](CF)[C@@H]3F)c2)cn1. The highest BCUT2D eigenvalue weighted by Gasteiger charge is 2.48. The third-order valence-corrected chi connectivity index (χ3v) is 4.47. The van der Waals surface area contributed by atoms with Gasteiger partial charge in [-0.05, 0) is 25.1 Å². The Balaban J connectivity index is 1.91. The van der Waals surface area contributed by atoms with E-state index in [0.717, 1.165) is 6.07 Å². The van der Waals surface area contributed by atoms with Crippen LogP contribution in [0.25, 0.3) is 0 Å². The number of hydrogen-bond acceptors (Lipinski definition) is 7. The Hall–Kier alpha value is -3.37. The molecule has 0 fully saturated rings. The van der Waals surface area contributed by atoms with Gasteiger partial charge < -0.3 is 20.5 Å². The quantitative estimate of drug-likeness (QED) is 0.782. The number of hydrogen-bond donors (Lipinski definition) is 2. The Bertz CT molecular complexity index is 941. The molecule has 2 aromatic rings.